The molecule has 1 aliphatic heterocycles. The van der Waals surface area contributed by atoms with E-state index in [0.29, 0.717) is 6.04 Å². The molecule has 0 bridgehead atoms. The van der Waals surface area contributed by atoms with Crippen molar-refractivity contribution in [1.29, 1.82) is 0 Å². The van der Waals surface area contributed by atoms with Gasteiger partial charge in [0.15, 0.2) is 0 Å². The predicted octanol–water partition coefficient (Wildman–Crippen LogP) is 4.28. The maximum atomic E-state index is 5.55. The van der Waals surface area contributed by atoms with Crippen LogP contribution in [0.25, 0.3) is 0 Å². The molecular formula is C18H20BrNO. The van der Waals surface area contributed by atoms with Crippen LogP contribution < -0.4 is 10.1 Å². The quantitative estimate of drug-likeness (QED) is 0.873. The molecule has 0 aromatic heterocycles. The van der Waals surface area contributed by atoms with Crippen molar-refractivity contribution in [3.8, 4) is 5.75 Å². The van der Waals surface area contributed by atoms with Crippen LogP contribution in [0.3, 0.4) is 0 Å². The van der Waals surface area contributed by atoms with Gasteiger partial charge in [-0.2, -0.15) is 0 Å². The fourth-order valence-corrected chi connectivity index (χ4v) is 3.14. The highest BCUT2D eigenvalue weighted by Crippen LogP contribution is 2.26. The van der Waals surface area contributed by atoms with Gasteiger partial charge in [0.2, 0.25) is 0 Å². The fraction of sp³-hybridized carbons (Fsp3) is 0.333. The second kappa shape index (κ2) is 6.63. The summed E-state index contributed by atoms with van der Waals surface area (Å²) in [5.74, 6) is 1.06. The minimum Gasteiger partial charge on any atom is -0.493 e. The number of halogens is 1. The molecule has 0 spiro atoms. The monoisotopic (exact) mass is 345 g/mol. The number of ether oxygens (including phenoxy) is 1. The zero-order valence-electron chi connectivity index (χ0n) is 12.2. The topological polar surface area (TPSA) is 21.3 Å². The third kappa shape index (κ3) is 3.66. The first-order valence-electron chi connectivity index (χ1n) is 7.46. The maximum absolute atomic E-state index is 5.55. The predicted molar refractivity (Wildman–Crippen MR) is 89.9 cm³/mol. The largest absolute Gasteiger partial charge is 0.493 e. The van der Waals surface area contributed by atoms with Crippen molar-refractivity contribution < 1.29 is 4.74 Å². The van der Waals surface area contributed by atoms with E-state index in [9.17, 15) is 0 Å². The lowest BCUT2D eigenvalue weighted by molar-refractivity contribution is 0.357. The third-order valence-corrected chi connectivity index (χ3v) is 4.46. The van der Waals surface area contributed by atoms with Gasteiger partial charge < -0.3 is 10.1 Å². The van der Waals surface area contributed by atoms with Crippen LogP contribution in [-0.2, 0) is 12.8 Å². The highest BCUT2D eigenvalue weighted by atomic mass is 79.9. The molecule has 1 aliphatic rings. The zero-order valence-corrected chi connectivity index (χ0v) is 13.8. The number of benzene rings is 2. The van der Waals surface area contributed by atoms with Gasteiger partial charge in [0.1, 0.15) is 5.75 Å². The molecule has 21 heavy (non-hydrogen) atoms. The summed E-state index contributed by atoms with van der Waals surface area (Å²) in [4.78, 5) is 0. The first-order valence-corrected chi connectivity index (χ1v) is 8.25. The summed E-state index contributed by atoms with van der Waals surface area (Å²) in [6, 6.07) is 15.4. The Kier molecular flexibility index (Phi) is 4.61. The molecule has 3 heteroatoms. The molecule has 0 saturated heterocycles. The van der Waals surface area contributed by atoms with Crippen molar-refractivity contribution in [3.63, 3.8) is 0 Å². The van der Waals surface area contributed by atoms with Gasteiger partial charge in [-0.1, -0.05) is 40.2 Å². The molecule has 1 heterocycles. The first-order chi connectivity index (χ1) is 10.2. The maximum Gasteiger partial charge on any atom is 0.122 e. The van der Waals surface area contributed by atoms with Crippen LogP contribution in [0.1, 0.15) is 29.7 Å². The molecule has 2 aromatic carbocycles. The van der Waals surface area contributed by atoms with Crippen molar-refractivity contribution in [3.05, 3.63) is 63.6 Å². The Balaban J connectivity index is 1.54. The molecule has 2 aromatic rings. The lowest BCUT2D eigenvalue weighted by Crippen LogP contribution is -2.21. The van der Waals surface area contributed by atoms with Gasteiger partial charge in [0.25, 0.3) is 0 Å². The Morgan fingerprint density at radius 3 is 3.00 bits per heavy atom. The van der Waals surface area contributed by atoms with Crippen molar-refractivity contribution in [2.24, 2.45) is 0 Å². The lowest BCUT2D eigenvalue weighted by atomic mass is 10.1. The zero-order chi connectivity index (χ0) is 14.7. The molecule has 1 unspecified atom stereocenters. The SMILES string of the molecule is CC(NCCc1ccc2c(c1)CCO2)c1cccc(Br)c1. The summed E-state index contributed by atoms with van der Waals surface area (Å²) in [6.07, 6.45) is 2.09. The highest BCUT2D eigenvalue weighted by molar-refractivity contribution is 9.10. The van der Waals surface area contributed by atoms with Gasteiger partial charge in [-0.15, -0.1) is 0 Å². The standard InChI is InChI=1S/C18H20BrNO/c1-13(15-3-2-4-17(19)12-15)20-9-7-14-5-6-18-16(11-14)8-10-21-18/h2-6,11-13,20H,7-10H2,1H3. The lowest BCUT2D eigenvalue weighted by Gasteiger charge is -2.14. The number of rotatable bonds is 5. The highest BCUT2D eigenvalue weighted by Gasteiger charge is 2.12. The molecular weight excluding hydrogens is 326 g/mol. The third-order valence-electron chi connectivity index (χ3n) is 3.97. The molecule has 0 aliphatic carbocycles. The number of hydrogen-bond donors (Lipinski definition) is 1. The molecule has 2 nitrogen and oxygen atoms in total. The van der Waals surface area contributed by atoms with E-state index < -0.39 is 0 Å². The Morgan fingerprint density at radius 1 is 1.24 bits per heavy atom. The van der Waals surface area contributed by atoms with Crippen LogP contribution in [0.2, 0.25) is 0 Å². The second-order valence-corrected chi connectivity index (χ2v) is 6.44. The minimum absolute atomic E-state index is 0.361. The second-order valence-electron chi connectivity index (χ2n) is 5.52. The molecule has 0 saturated carbocycles. The Labute approximate surface area is 134 Å². The van der Waals surface area contributed by atoms with Gasteiger partial charge in [-0.25, -0.2) is 0 Å². The van der Waals surface area contributed by atoms with E-state index >= 15 is 0 Å². The molecule has 1 N–H and O–H groups in total. The Bertz CT molecular complexity index is 626. The van der Waals surface area contributed by atoms with Crippen LogP contribution in [-0.4, -0.2) is 13.2 Å². The summed E-state index contributed by atoms with van der Waals surface area (Å²) in [5, 5.41) is 3.59. The summed E-state index contributed by atoms with van der Waals surface area (Å²) < 4.78 is 6.68. The molecule has 0 radical (unpaired) electrons. The van der Waals surface area contributed by atoms with Crippen LogP contribution in [0.15, 0.2) is 46.9 Å². The van der Waals surface area contributed by atoms with Crippen molar-refractivity contribution in [2.45, 2.75) is 25.8 Å². The van der Waals surface area contributed by atoms with Gasteiger partial charge in [-0.3, -0.25) is 0 Å². The van der Waals surface area contributed by atoms with Gasteiger partial charge in [0, 0.05) is 16.9 Å². The number of hydrogen-bond acceptors (Lipinski definition) is 2. The van der Waals surface area contributed by atoms with E-state index in [4.69, 9.17) is 4.74 Å². The van der Waals surface area contributed by atoms with Crippen molar-refractivity contribution >= 4 is 15.9 Å². The average molecular weight is 346 g/mol. The number of nitrogens with one attached hydrogen (secondary N) is 1. The average Bonchev–Trinajstić information content (AvgIpc) is 2.94. The van der Waals surface area contributed by atoms with Crippen LogP contribution >= 0.6 is 15.9 Å². The molecule has 0 fully saturated rings. The molecule has 1 atom stereocenters. The van der Waals surface area contributed by atoms with E-state index in [1.807, 2.05) is 0 Å². The first kappa shape index (κ1) is 14.6. The van der Waals surface area contributed by atoms with Crippen molar-refractivity contribution in [1.82, 2.24) is 5.32 Å². The molecule has 0 amide bonds. The Morgan fingerprint density at radius 2 is 2.14 bits per heavy atom. The van der Waals surface area contributed by atoms with E-state index in [1.165, 1.54) is 16.7 Å². The van der Waals surface area contributed by atoms with E-state index in [0.717, 1.165) is 36.2 Å². The fourth-order valence-electron chi connectivity index (χ4n) is 2.72. The summed E-state index contributed by atoms with van der Waals surface area (Å²) in [7, 11) is 0. The van der Waals surface area contributed by atoms with E-state index in [1.54, 1.807) is 0 Å². The summed E-state index contributed by atoms with van der Waals surface area (Å²) >= 11 is 3.52. The normalized spacial score (nSPS) is 14.6. The summed E-state index contributed by atoms with van der Waals surface area (Å²) in [5.41, 5.74) is 4.05. The minimum atomic E-state index is 0.361. The number of fused-ring (bicyclic) bond motifs is 1. The van der Waals surface area contributed by atoms with E-state index in [-0.39, 0.29) is 0 Å². The van der Waals surface area contributed by atoms with Crippen molar-refractivity contribution in [2.75, 3.05) is 13.2 Å². The van der Waals surface area contributed by atoms with Gasteiger partial charge in [0.05, 0.1) is 6.61 Å². The van der Waals surface area contributed by atoms with Crippen LogP contribution in [0, 0.1) is 0 Å². The Hall–Kier alpha value is -1.32. The van der Waals surface area contributed by atoms with Crippen LogP contribution in [0.5, 0.6) is 5.75 Å². The summed E-state index contributed by atoms with van der Waals surface area (Å²) in [6.45, 7) is 4.02. The molecule has 110 valence electrons. The van der Waals surface area contributed by atoms with Crippen LogP contribution in [0.4, 0.5) is 0 Å². The van der Waals surface area contributed by atoms with E-state index in [2.05, 4.69) is 70.6 Å². The molecule has 3 rings (SSSR count). The smallest absolute Gasteiger partial charge is 0.122 e. The van der Waals surface area contributed by atoms with Gasteiger partial charge >= 0.3 is 0 Å². The van der Waals surface area contributed by atoms with Gasteiger partial charge in [-0.05, 0) is 54.8 Å².